The van der Waals surface area contributed by atoms with E-state index in [-0.39, 0.29) is 10.9 Å². The van der Waals surface area contributed by atoms with E-state index in [9.17, 15) is 4.79 Å². The number of rotatable bonds is 7. The molecule has 1 aromatic rings. The molecule has 21 heavy (non-hydrogen) atoms. The van der Waals surface area contributed by atoms with Crippen LogP contribution in [0.3, 0.4) is 0 Å². The minimum Gasteiger partial charge on any atom is -0.497 e. The summed E-state index contributed by atoms with van der Waals surface area (Å²) in [5.74, 6) is 1.17. The molecule has 0 spiro atoms. The number of carbonyl (C=O) groups excluding carboxylic acids is 1. The predicted molar refractivity (Wildman–Crippen MR) is 86.6 cm³/mol. The number of methoxy groups -OCH3 is 2. The lowest BCUT2D eigenvalue weighted by Crippen LogP contribution is -2.46. The highest BCUT2D eigenvalue weighted by Crippen LogP contribution is 2.26. The van der Waals surface area contributed by atoms with Crippen LogP contribution in [0.15, 0.2) is 18.2 Å². The van der Waals surface area contributed by atoms with E-state index in [0.29, 0.717) is 24.5 Å². The quantitative estimate of drug-likeness (QED) is 0.754. The van der Waals surface area contributed by atoms with Gasteiger partial charge in [0, 0.05) is 18.2 Å². The zero-order valence-corrected chi connectivity index (χ0v) is 13.7. The van der Waals surface area contributed by atoms with E-state index in [4.69, 9.17) is 27.4 Å². The summed E-state index contributed by atoms with van der Waals surface area (Å²) in [6, 6.07) is 5.44. The van der Waals surface area contributed by atoms with E-state index in [2.05, 4.69) is 5.32 Å². The molecule has 1 atom stereocenters. The van der Waals surface area contributed by atoms with Crippen LogP contribution in [0.4, 0.5) is 0 Å². The van der Waals surface area contributed by atoms with Crippen molar-refractivity contribution in [2.75, 3.05) is 14.2 Å². The van der Waals surface area contributed by atoms with Crippen LogP contribution >= 0.6 is 12.2 Å². The Hall–Kier alpha value is -1.82. The smallest absolute Gasteiger partial charge is 0.233 e. The maximum atomic E-state index is 12.3. The molecule has 0 heterocycles. The lowest BCUT2D eigenvalue weighted by Gasteiger charge is -2.25. The molecule has 0 aliphatic carbocycles. The Labute approximate surface area is 130 Å². The molecular weight excluding hydrogens is 288 g/mol. The second-order valence-corrected chi connectivity index (χ2v) is 5.35. The van der Waals surface area contributed by atoms with Gasteiger partial charge in [-0.05, 0) is 25.5 Å². The summed E-state index contributed by atoms with van der Waals surface area (Å²) in [7, 11) is 3.16. The van der Waals surface area contributed by atoms with E-state index in [1.165, 1.54) is 0 Å². The molecule has 0 radical (unpaired) electrons. The normalized spacial score (nSPS) is 13.1. The molecule has 116 valence electrons. The van der Waals surface area contributed by atoms with Crippen LogP contribution in [0.5, 0.6) is 11.5 Å². The highest BCUT2D eigenvalue weighted by molar-refractivity contribution is 7.80. The van der Waals surface area contributed by atoms with E-state index < -0.39 is 5.41 Å². The lowest BCUT2D eigenvalue weighted by atomic mass is 9.86. The molecule has 1 rings (SSSR count). The van der Waals surface area contributed by atoms with Crippen molar-refractivity contribution in [3.8, 4) is 11.5 Å². The number of nitrogens with one attached hydrogen (secondary N) is 1. The van der Waals surface area contributed by atoms with Crippen molar-refractivity contribution in [2.24, 2.45) is 11.1 Å². The summed E-state index contributed by atoms with van der Waals surface area (Å²) < 4.78 is 10.4. The minimum atomic E-state index is -0.838. The Bertz CT molecular complexity index is 534. The molecule has 0 fully saturated rings. The first-order chi connectivity index (χ1) is 9.88. The summed E-state index contributed by atoms with van der Waals surface area (Å²) in [4.78, 5) is 12.5. The second-order valence-electron chi connectivity index (χ2n) is 4.91. The third-order valence-electron chi connectivity index (χ3n) is 3.69. The number of benzene rings is 1. The summed E-state index contributed by atoms with van der Waals surface area (Å²) in [6.45, 7) is 3.97. The van der Waals surface area contributed by atoms with Crippen molar-refractivity contribution < 1.29 is 14.3 Å². The average molecular weight is 310 g/mol. The van der Waals surface area contributed by atoms with E-state index in [1.54, 1.807) is 27.2 Å². The predicted octanol–water partition coefficient (Wildman–Crippen LogP) is 2.02. The van der Waals surface area contributed by atoms with Crippen molar-refractivity contribution in [3.05, 3.63) is 23.8 Å². The number of ether oxygens (including phenoxy) is 2. The Morgan fingerprint density at radius 3 is 2.52 bits per heavy atom. The van der Waals surface area contributed by atoms with Crippen LogP contribution in [0.1, 0.15) is 25.8 Å². The molecule has 1 unspecified atom stereocenters. The third kappa shape index (κ3) is 3.85. The summed E-state index contributed by atoms with van der Waals surface area (Å²) in [6.07, 6.45) is 0.550. The van der Waals surface area contributed by atoms with Crippen molar-refractivity contribution in [2.45, 2.75) is 26.8 Å². The molecule has 0 saturated carbocycles. The number of thiocarbonyl (C=S) groups is 1. The van der Waals surface area contributed by atoms with Gasteiger partial charge in [0.05, 0.1) is 24.6 Å². The molecular formula is C15H22N2O3S. The molecule has 0 aliphatic heterocycles. The molecule has 1 amide bonds. The van der Waals surface area contributed by atoms with Gasteiger partial charge in [-0.2, -0.15) is 0 Å². The highest BCUT2D eigenvalue weighted by atomic mass is 32.1. The molecule has 1 aromatic carbocycles. The monoisotopic (exact) mass is 310 g/mol. The number of nitrogens with two attached hydrogens (primary N) is 1. The highest BCUT2D eigenvalue weighted by Gasteiger charge is 2.34. The first kappa shape index (κ1) is 17.2. The van der Waals surface area contributed by atoms with Gasteiger partial charge in [0.1, 0.15) is 11.5 Å². The third-order valence-corrected chi connectivity index (χ3v) is 4.14. The summed E-state index contributed by atoms with van der Waals surface area (Å²) in [5.41, 5.74) is 5.69. The molecule has 5 nitrogen and oxygen atoms in total. The van der Waals surface area contributed by atoms with Crippen LogP contribution in [0.25, 0.3) is 0 Å². The van der Waals surface area contributed by atoms with Crippen molar-refractivity contribution in [3.63, 3.8) is 0 Å². The standard InChI is InChI=1S/C15H22N2O3S/c1-5-15(2,13(16)21)14(18)17-9-10-6-7-11(19-3)8-12(10)20-4/h6-8H,5,9H2,1-4H3,(H2,16,21)(H,17,18). The average Bonchev–Trinajstić information content (AvgIpc) is 2.51. The number of hydrogen-bond donors (Lipinski definition) is 2. The second kappa shape index (κ2) is 7.26. The van der Waals surface area contributed by atoms with Crippen LogP contribution < -0.4 is 20.5 Å². The molecule has 6 heteroatoms. The van der Waals surface area contributed by atoms with Gasteiger partial charge >= 0.3 is 0 Å². The van der Waals surface area contributed by atoms with Gasteiger partial charge in [0.25, 0.3) is 0 Å². The van der Waals surface area contributed by atoms with Crippen LogP contribution in [0.2, 0.25) is 0 Å². The van der Waals surface area contributed by atoms with Gasteiger partial charge in [-0.1, -0.05) is 19.1 Å². The van der Waals surface area contributed by atoms with E-state index >= 15 is 0 Å². The minimum absolute atomic E-state index is 0.185. The summed E-state index contributed by atoms with van der Waals surface area (Å²) >= 11 is 4.99. The number of amides is 1. The number of hydrogen-bond acceptors (Lipinski definition) is 4. The molecule has 0 saturated heterocycles. The van der Waals surface area contributed by atoms with Crippen LogP contribution in [-0.4, -0.2) is 25.1 Å². The van der Waals surface area contributed by atoms with Crippen LogP contribution in [-0.2, 0) is 11.3 Å². The van der Waals surface area contributed by atoms with Crippen molar-refractivity contribution >= 4 is 23.1 Å². The van der Waals surface area contributed by atoms with Crippen molar-refractivity contribution in [1.82, 2.24) is 5.32 Å². The SMILES string of the molecule is CCC(C)(C(=O)NCc1ccc(OC)cc1OC)C(N)=S. The first-order valence-corrected chi connectivity index (χ1v) is 7.09. The lowest BCUT2D eigenvalue weighted by molar-refractivity contribution is -0.127. The fourth-order valence-electron chi connectivity index (χ4n) is 1.82. The summed E-state index contributed by atoms with van der Waals surface area (Å²) in [5, 5.41) is 2.86. The van der Waals surface area contributed by atoms with Gasteiger partial charge < -0.3 is 20.5 Å². The topological polar surface area (TPSA) is 73.6 Å². The van der Waals surface area contributed by atoms with Crippen LogP contribution in [0, 0.1) is 5.41 Å². The molecule has 0 bridgehead atoms. The maximum Gasteiger partial charge on any atom is 0.233 e. The zero-order valence-electron chi connectivity index (χ0n) is 12.9. The largest absolute Gasteiger partial charge is 0.497 e. The van der Waals surface area contributed by atoms with Gasteiger partial charge in [0.15, 0.2) is 0 Å². The zero-order chi connectivity index (χ0) is 16.0. The maximum absolute atomic E-state index is 12.3. The van der Waals surface area contributed by atoms with Gasteiger partial charge in [-0.3, -0.25) is 4.79 Å². The fraction of sp³-hybridized carbons (Fsp3) is 0.467. The van der Waals surface area contributed by atoms with Gasteiger partial charge in [-0.15, -0.1) is 0 Å². The van der Waals surface area contributed by atoms with Gasteiger partial charge in [0.2, 0.25) is 5.91 Å². The van der Waals surface area contributed by atoms with E-state index in [1.807, 2.05) is 19.1 Å². The molecule has 0 aliphatic rings. The molecule has 0 aromatic heterocycles. The van der Waals surface area contributed by atoms with E-state index in [0.717, 1.165) is 5.56 Å². The van der Waals surface area contributed by atoms with Crippen molar-refractivity contribution in [1.29, 1.82) is 0 Å². The van der Waals surface area contributed by atoms with Gasteiger partial charge in [-0.25, -0.2) is 0 Å². The fourth-order valence-corrected chi connectivity index (χ4v) is 2.05. The Kier molecular flexibility index (Phi) is 5.96. The first-order valence-electron chi connectivity index (χ1n) is 6.68. The molecule has 3 N–H and O–H groups in total. The Morgan fingerprint density at radius 1 is 1.38 bits per heavy atom. The Morgan fingerprint density at radius 2 is 2.05 bits per heavy atom. The Balaban J connectivity index is 2.84. The number of carbonyl (C=O) groups is 1.